The van der Waals surface area contributed by atoms with Crippen LogP contribution in [0.5, 0.6) is 0 Å². The number of halogens is 4. The fourth-order valence-electron chi connectivity index (χ4n) is 0.901. The number of thiophene rings is 1. The minimum absolute atomic E-state index is 0.0308. The van der Waals surface area contributed by atoms with Crippen LogP contribution in [0.1, 0.15) is 12.0 Å². The maximum Gasteiger partial charge on any atom is 0.390 e. The Morgan fingerprint density at radius 3 is 2.64 bits per heavy atom. The summed E-state index contributed by atoms with van der Waals surface area (Å²) in [6, 6.07) is 1.89. The first-order valence-corrected chi connectivity index (χ1v) is 5.65. The topological polar surface area (TPSA) is 12.0 Å². The van der Waals surface area contributed by atoms with Gasteiger partial charge in [-0.1, -0.05) is 0 Å². The van der Waals surface area contributed by atoms with Crippen molar-refractivity contribution < 1.29 is 13.2 Å². The summed E-state index contributed by atoms with van der Waals surface area (Å²) >= 11 is 4.81. The van der Waals surface area contributed by atoms with Crippen LogP contribution in [0, 0.1) is 0 Å². The zero-order chi connectivity index (χ0) is 10.6. The van der Waals surface area contributed by atoms with E-state index in [-0.39, 0.29) is 6.54 Å². The molecule has 0 unspecified atom stereocenters. The summed E-state index contributed by atoms with van der Waals surface area (Å²) in [6.07, 6.45) is -4.85. The van der Waals surface area contributed by atoms with Crippen molar-refractivity contribution in [3.63, 3.8) is 0 Å². The van der Waals surface area contributed by atoms with Gasteiger partial charge in [0.1, 0.15) is 0 Å². The Kier molecular flexibility index (Phi) is 4.40. The highest BCUT2D eigenvalue weighted by Gasteiger charge is 2.25. The molecule has 1 rings (SSSR count). The molecule has 6 heteroatoms. The molecule has 1 nitrogen and oxygen atoms in total. The maximum absolute atomic E-state index is 11.7. The van der Waals surface area contributed by atoms with Crippen LogP contribution in [-0.4, -0.2) is 12.7 Å². The van der Waals surface area contributed by atoms with Gasteiger partial charge in [0.2, 0.25) is 0 Å². The Bertz CT molecular complexity index is 284. The van der Waals surface area contributed by atoms with Crippen molar-refractivity contribution in [2.24, 2.45) is 0 Å². The quantitative estimate of drug-likeness (QED) is 0.835. The molecule has 0 aliphatic carbocycles. The molecule has 0 amide bonds. The van der Waals surface area contributed by atoms with Crippen LogP contribution >= 0.6 is 27.3 Å². The van der Waals surface area contributed by atoms with Gasteiger partial charge in [0, 0.05) is 13.1 Å². The van der Waals surface area contributed by atoms with E-state index in [4.69, 9.17) is 0 Å². The molecule has 0 fully saturated rings. The average molecular weight is 288 g/mol. The van der Waals surface area contributed by atoms with Gasteiger partial charge in [-0.25, -0.2) is 0 Å². The molecule has 0 aromatic carbocycles. The van der Waals surface area contributed by atoms with E-state index in [0.717, 1.165) is 9.35 Å². The van der Waals surface area contributed by atoms with Gasteiger partial charge >= 0.3 is 6.18 Å². The van der Waals surface area contributed by atoms with E-state index in [1.807, 2.05) is 11.4 Å². The van der Waals surface area contributed by atoms with Crippen molar-refractivity contribution in [3.8, 4) is 0 Å². The third kappa shape index (κ3) is 4.97. The second-order valence-corrected chi connectivity index (χ2v) is 5.09. The van der Waals surface area contributed by atoms with Crippen molar-refractivity contribution in [1.29, 1.82) is 0 Å². The molecule has 0 radical (unpaired) electrons. The lowest BCUT2D eigenvalue weighted by atomic mass is 10.3. The summed E-state index contributed by atoms with van der Waals surface area (Å²) in [7, 11) is 0. The minimum Gasteiger partial charge on any atom is -0.312 e. The van der Waals surface area contributed by atoms with Crippen LogP contribution in [0.2, 0.25) is 0 Å². The van der Waals surface area contributed by atoms with Crippen molar-refractivity contribution in [3.05, 3.63) is 20.8 Å². The van der Waals surface area contributed by atoms with E-state index < -0.39 is 12.6 Å². The molecule has 0 saturated heterocycles. The van der Waals surface area contributed by atoms with Gasteiger partial charge in [-0.3, -0.25) is 0 Å². The SMILES string of the molecule is FC(F)(F)CCNCc1csc(Br)c1. The maximum atomic E-state index is 11.7. The highest BCUT2D eigenvalue weighted by molar-refractivity contribution is 9.11. The number of hydrogen-bond donors (Lipinski definition) is 1. The summed E-state index contributed by atoms with van der Waals surface area (Å²) in [5, 5.41) is 4.64. The van der Waals surface area contributed by atoms with Crippen LogP contribution in [-0.2, 0) is 6.54 Å². The summed E-state index contributed by atoms with van der Waals surface area (Å²) in [4.78, 5) is 0. The zero-order valence-corrected chi connectivity index (χ0v) is 9.60. The van der Waals surface area contributed by atoms with Gasteiger partial charge in [-0.15, -0.1) is 11.3 Å². The van der Waals surface area contributed by atoms with E-state index >= 15 is 0 Å². The van der Waals surface area contributed by atoms with E-state index in [0.29, 0.717) is 6.54 Å². The van der Waals surface area contributed by atoms with Crippen molar-refractivity contribution >= 4 is 27.3 Å². The molecule has 0 atom stereocenters. The molecule has 0 aliphatic heterocycles. The molecule has 0 spiro atoms. The van der Waals surface area contributed by atoms with Gasteiger partial charge in [0.05, 0.1) is 10.2 Å². The molecule has 0 saturated carbocycles. The largest absolute Gasteiger partial charge is 0.390 e. The van der Waals surface area contributed by atoms with Crippen LogP contribution < -0.4 is 5.32 Å². The fraction of sp³-hybridized carbons (Fsp3) is 0.500. The first kappa shape index (κ1) is 12.0. The highest BCUT2D eigenvalue weighted by Crippen LogP contribution is 2.21. The third-order valence-electron chi connectivity index (χ3n) is 1.54. The summed E-state index contributed by atoms with van der Waals surface area (Å²) in [5.74, 6) is 0. The van der Waals surface area contributed by atoms with Crippen LogP contribution in [0.25, 0.3) is 0 Å². The molecule has 14 heavy (non-hydrogen) atoms. The number of nitrogens with one attached hydrogen (secondary N) is 1. The first-order valence-electron chi connectivity index (χ1n) is 3.98. The molecule has 1 heterocycles. The Morgan fingerprint density at radius 1 is 1.43 bits per heavy atom. The van der Waals surface area contributed by atoms with Crippen molar-refractivity contribution in [2.75, 3.05) is 6.54 Å². The number of alkyl halides is 3. The van der Waals surface area contributed by atoms with Crippen molar-refractivity contribution in [2.45, 2.75) is 19.1 Å². The van der Waals surface area contributed by atoms with E-state index in [2.05, 4.69) is 21.2 Å². The molecular weight excluding hydrogens is 279 g/mol. The second kappa shape index (κ2) is 5.14. The summed E-state index contributed by atoms with van der Waals surface area (Å²) < 4.78 is 36.2. The number of hydrogen-bond acceptors (Lipinski definition) is 2. The van der Waals surface area contributed by atoms with E-state index in [1.165, 1.54) is 11.3 Å². The Balaban J connectivity index is 2.16. The van der Waals surface area contributed by atoms with Gasteiger partial charge < -0.3 is 5.32 Å². The lowest BCUT2D eigenvalue weighted by Gasteiger charge is -2.06. The van der Waals surface area contributed by atoms with E-state index in [9.17, 15) is 13.2 Å². The summed E-state index contributed by atoms with van der Waals surface area (Å²) in [5.41, 5.74) is 1.00. The minimum atomic E-state index is -4.07. The normalized spacial score (nSPS) is 12.0. The predicted octanol–water partition coefficient (Wildman–Crippen LogP) is 3.55. The van der Waals surface area contributed by atoms with Crippen LogP contribution in [0.3, 0.4) is 0 Å². The van der Waals surface area contributed by atoms with Crippen LogP contribution in [0.4, 0.5) is 13.2 Å². The third-order valence-corrected chi connectivity index (χ3v) is 3.09. The van der Waals surface area contributed by atoms with Crippen LogP contribution in [0.15, 0.2) is 15.2 Å². The predicted molar refractivity (Wildman–Crippen MR) is 54.4 cm³/mol. The van der Waals surface area contributed by atoms with Gasteiger partial charge in [0.25, 0.3) is 0 Å². The molecule has 1 aromatic rings. The molecule has 0 aliphatic rings. The Hall–Kier alpha value is -0.0700. The molecular formula is C8H9BrF3NS. The summed E-state index contributed by atoms with van der Waals surface area (Å²) in [6.45, 7) is 0.454. The molecule has 0 bridgehead atoms. The molecule has 1 aromatic heterocycles. The van der Waals surface area contributed by atoms with Gasteiger partial charge in [0.15, 0.2) is 0 Å². The van der Waals surface area contributed by atoms with Gasteiger partial charge in [-0.2, -0.15) is 13.2 Å². The Morgan fingerprint density at radius 2 is 2.14 bits per heavy atom. The molecule has 1 N–H and O–H groups in total. The van der Waals surface area contributed by atoms with Crippen molar-refractivity contribution in [1.82, 2.24) is 5.32 Å². The van der Waals surface area contributed by atoms with E-state index in [1.54, 1.807) is 0 Å². The lowest BCUT2D eigenvalue weighted by molar-refractivity contribution is -0.133. The molecule has 80 valence electrons. The standard InChI is InChI=1S/C8H9BrF3NS/c9-7-3-6(5-14-7)4-13-2-1-8(10,11)12/h3,5,13H,1-2,4H2. The van der Waals surface area contributed by atoms with Gasteiger partial charge in [-0.05, 0) is 32.9 Å². The lowest BCUT2D eigenvalue weighted by Crippen LogP contribution is -2.21. The second-order valence-electron chi connectivity index (χ2n) is 2.80. The monoisotopic (exact) mass is 287 g/mol. The fourth-order valence-corrected chi connectivity index (χ4v) is 2.11. The Labute approximate surface area is 92.4 Å². The smallest absolute Gasteiger partial charge is 0.312 e. The zero-order valence-electron chi connectivity index (χ0n) is 7.20. The first-order chi connectivity index (χ1) is 6.47. The number of rotatable bonds is 4. The highest BCUT2D eigenvalue weighted by atomic mass is 79.9. The average Bonchev–Trinajstić information content (AvgIpc) is 2.44.